The van der Waals surface area contributed by atoms with Gasteiger partial charge in [0.25, 0.3) is 0 Å². The Labute approximate surface area is 137 Å². The van der Waals surface area contributed by atoms with Gasteiger partial charge in [0, 0.05) is 18.9 Å². The van der Waals surface area contributed by atoms with E-state index < -0.39 is 12.0 Å². The standard InChI is InChI=1S/C18H25NO4/c1-12-6-3-4-8-15(12)13(2)10-16(20)19-17(18(21)22)14-7-5-9-23-11-14/h3-4,6,8,13-14,17H,5,7,9-11H2,1-2H3,(H,19,20)(H,21,22). The molecule has 1 saturated heterocycles. The summed E-state index contributed by atoms with van der Waals surface area (Å²) < 4.78 is 5.35. The summed E-state index contributed by atoms with van der Waals surface area (Å²) in [7, 11) is 0. The van der Waals surface area contributed by atoms with E-state index in [4.69, 9.17) is 4.74 Å². The van der Waals surface area contributed by atoms with E-state index in [2.05, 4.69) is 5.32 Å². The number of rotatable bonds is 6. The minimum atomic E-state index is -0.989. The third-order valence-corrected chi connectivity index (χ3v) is 4.46. The van der Waals surface area contributed by atoms with E-state index in [1.54, 1.807) is 0 Å². The van der Waals surface area contributed by atoms with Gasteiger partial charge in [-0.2, -0.15) is 0 Å². The average molecular weight is 319 g/mol. The molecule has 0 spiro atoms. The lowest BCUT2D eigenvalue weighted by Crippen LogP contribution is -2.48. The van der Waals surface area contributed by atoms with E-state index in [1.807, 2.05) is 38.1 Å². The van der Waals surface area contributed by atoms with Crippen LogP contribution in [0.4, 0.5) is 0 Å². The van der Waals surface area contributed by atoms with Crippen LogP contribution in [-0.4, -0.2) is 36.2 Å². The highest BCUT2D eigenvalue weighted by atomic mass is 16.5. The van der Waals surface area contributed by atoms with Gasteiger partial charge in [-0.1, -0.05) is 31.2 Å². The van der Waals surface area contributed by atoms with Crippen molar-refractivity contribution >= 4 is 11.9 Å². The average Bonchev–Trinajstić information content (AvgIpc) is 2.53. The summed E-state index contributed by atoms with van der Waals surface area (Å²) in [6.45, 7) is 5.07. The van der Waals surface area contributed by atoms with Crippen molar-refractivity contribution in [2.75, 3.05) is 13.2 Å². The topological polar surface area (TPSA) is 75.6 Å². The number of nitrogens with one attached hydrogen (secondary N) is 1. The Balaban J connectivity index is 1.96. The van der Waals surface area contributed by atoms with Gasteiger partial charge in [0.15, 0.2) is 0 Å². The van der Waals surface area contributed by atoms with Gasteiger partial charge in [0.1, 0.15) is 6.04 Å². The zero-order valence-electron chi connectivity index (χ0n) is 13.7. The molecule has 1 aromatic carbocycles. The van der Waals surface area contributed by atoms with Crippen LogP contribution in [-0.2, 0) is 14.3 Å². The molecule has 126 valence electrons. The molecule has 23 heavy (non-hydrogen) atoms. The van der Waals surface area contributed by atoms with E-state index in [9.17, 15) is 14.7 Å². The number of carbonyl (C=O) groups is 2. The summed E-state index contributed by atoms with van der Waals surface area (Å²) >= 11 is 0. The fourth-order valence-corrected chi connectivity index (χ4v) is 3.17. The van der Waals surface area contributed by atoms with Crippen LogP contribution in [0, 0.1) is 12.8 Å². The van der Waals surface area contributed by atoms with Gasteiger partial charge in [-0.05, 0) is 36.8 Å². The molecule has 1 aliphatic heterocycles. The predicted molar refractivity (Wildman–Crippen MR) is 87.3 cm³/mol. The third-order valence-electron chi connectivity index (χ3n) is 4.46. The van der Waals surface area contributed by atoms with Crippen LogP contribution in [0.15, 0.2) is 24.3 Å². The molecular formula is C18H25NO4. The molecule has 5 nitrogen and oxygen atoms in total. The number of amides is 1. The van der Waals surface area contributed by atoms with Crippen LogP contribution in [0.5, 0.6) is 0 Å². The summed E-state index contributed by atoms with van der Waals surface area (Å²) in [6.07, 6.45) is 1.89. The molecule has 1 aliphatic rings. The summed E-state index contributed by atoms with van der Waals surface area (Å²) in [5.41, 5.74) is 2.26. The van der Waals surface area contributed by atoms with Crippen LogP contribution in [0.2, 0.25) is 0 Å². The van der Waals surface area contributed by atoms with Crippen molar-refractivity contribution in [3.63, 3.8) is 0 Å². The van der Waals surface area contributed by atoms with Gasteiger partial charge in [-0.3, -0.25) is 4.79 Å². The fourth-order valence-electron chi connectivity index (χ4n) is 3.17. The molecule has 1 heterocycles. The molecule has 3 atom stereocenters. The lowest BCUT2D eigenvalue weighted by molar-refractivity contribution is -0.145. The summed E-state index contributed by atoms with van der Waals surface area (Å²) in [5, 5.41) is 12.1. The number of aliphatic carboxylic acids is 1. The van der Waals surface area contributed by atoms with E-state index in [0.29, 0.717) is 13.2 Å². The largest absolute Gasteiger partial charge is 0.480 e. The van der Waals surface area contributed by atoms with Crippen molar-refractivity contribution in [3.05, 3.63) is 35.4 Å². The van der Waals surface area contributed by atoms with Crippen LogP contribution in [0.25, 0.3) is 0 Å². The first-order chi connectivity index (χ1) is 11.0. The third kappa shape index (κ3) is 4.79. The SMILES string of the molecule is Cc1ccccc1C(C)CC(=O)NC(C(=O)O)C1CCCOC1. The van der Waals surface area contributed by atoms with Crippen molar-refractivity contribution in [1.82, 2.24) is 5.32 Å². The normalized spacial score (nSPS) is 20.5. The number of carbonyl (C=O) groups excluding carboxylic acids is 1. The summed E-state index contributed by atoms with van der Waals surface area (Å²) in [5.74, 6) is -1.32. The van der Waals surface area contributed by atoms with E-state index >= 15 is 0 Å². The molecule has 2 N–H and O–H groups in total. The molecule has 0 bridgehead atoms. The zero-order valence-corrected chi connectivity index (χ0v) is 13.7. The molecule has 0 saturated carbocycles. The molecule has 0 aromatic heterocycles. The van der Waals surface area contributed by atoms with Gasteiger partial charge in [-0.15, -0.1) is 0 Å². The Morgan fingerprint density at radius 2 is 2.13 bits per heavy atom. The summed E-state index contributed by atoms with van der Waals surface area (Å²) in [4.78, 5) is 23.8. The first kappa shape index (κ1) is 17.5. The number of hydrogen-bond donors (Lipinski definition) is 2. The monoisotopic (exact) mass is 319 g/mol. The number of carboxylic acid groups (broad SMARTS) is 1. The molecule has 0 aliphatic carbocycles. The Bertz CT molecular complexity index is 552. The van der Waals surface area contributed by atoms with Gasteiger partial charge in [0.05, 0.1) is 6.61 Å². The van der Waals surface area contributed by atoms with Gasteiger partial charge in [0.2, 0.25) is 5.91 Å². The second-order valence-electron chi connectivity index (χ2n) is 6.32. The quantitative estimate of drug-likeness (QED) is 0.844. The highest BCUT2D eigenvalue weighted by Gasteiger charge is 2.31. The number of carboxylic acids is 1. The Morgan fingerprint density at radius 3 is 2.74 bits per heavy atom. The van der Waals surface area contributed by atoms with Crippen molar-refractivity contribution in [2.24, 2.45) is 5.92 Å². The minimum absolute atomic E-state index is 0.0493. The molecule has 5 heteroatoms. The second kappa shape index (κ2) is 8.11. The Kier molecular flexibility index (Phi) is 6.16. The lowest BCUT2D eigenvalue weighted by Gasteiger charge is -2.28. The van der Waals surface area contributed by atoms with Gasteiger partial charge in [-0.25, -0.2) is 4.79 Å². The number of hydrogen-bond acceptors (Lipinski definition) is 3. The minimum Gasteiger partial charge on any atom is -0.480 e. The number of ether oxygens (including phenoxy) is 1. The molecule has 2 rings (SSSR count). The first-order valence-electron chi connectivity index (χ1n) is 8.14. The lowest BCUT2D eigenvalue weighted by atomic mass is 9.91. The van der Waals surface area contributed by atoms with E-state index in [-0.39, 0.29) is 24.2 Å². The van der Waals surface area contributed by atoms with Crippen molar-refractivity contribution in [1.29, 1.82) is 0 Å². The van der Waals surface area contributed by atoms with Crippen LogP contribution in [0.3, 0.4) is 0 Å². The Hall–Kier alpha value is -1.88. The second-order valence-corrected chi connectivity index (χ2v) is 6.32. The molecule has 1 fully saturated rings. The van der Waals surface area contributed by atoms with E-state index in [1.165, 1.54) is 0 Å². The van der Waals surface area contributed by atoms with Crippen LogP contribution in [0.1, 0.15) is 43.2 Å². The summed E-state index contributed by atoms with van der Waals surface area (Å²) in [6, 6.07) is 7.08. The Morgan fingerprint density at radius 1 is 1.39 bits per heavy atom. The number of aryl methyl sites for hydroxylation is 1. The molecular weight excluding hydrogens is 294 g/mol. The fraction of sp³-hybridized carbons (Fsp3) is 0.556. The van der Waals surface area contributed by atoms with Gasteiger partial charge < -0.3 is 15.2 Å². The van der Waals surface area contributed by atoms with Crippen molar-refractivity contribution in [3.8, 4) is 0 Å². The van der Waals surface area contributed by atoms with Crippen molar-refractivity contribution < 1.29 is 19.4 Å². The maximum atomic E-state index is 12.3. The highest BCUT2D eigenvalue weighted by molar-refractivity contribution is 5.84. The molecule has 1 aromatic rings. The van der Waals surface area contributed by atoms with Crippen LogP contribution < -0.4 is 5.32 Å². The first-order valence-corrected chi connectivity index (χ1v) is 8.14. The highest BCUT2D eigenvalue weighted by Crippen LogP contribution is 2.23. The smallest absolute Gasteiger partial charge is 0.326 e. The molecule has 1 amide bonds. The zero-order chi connectivity index (χ0) is 16.8. The van der Waals surface area contributed by atoms with Crippen molar-refractivity contribution in [2.45, 2.75) is 45.1 Å². The number of benzene rings is 1. The molecule has 3 unspecified atom stereocenters. The van der Waals surface area contributed by atoms with E-state index in [0.717, 1.165) is 24.0 Å². The van der Waals surface area contributed by atoms with Crippen LogP contribution >= 0.6 is 0 Å². The molecule has 0 radical (unpaired) electrons. The maximum absolute atomic E-state index is 12.3. The maximum Gasteiger partial charge on any atom is 0.326 e. The predicted octanol–water partition coefficient (Wildman–Crippen LogP) is 2.48. The van der Waals surface area contributed by atoms with Gasteiger partial charge >= 0.3 is 5.97 Å².